The highest BCUT2D eigenvalue weighted by Gasteiger charge is 2.06. The third-order valence-corrected chi connectivity index (χ3v) is 3.17. The number of esters is 1. The van der Waals surface area contributed by atoms with Gasteiger partial charge in [0.05, 0.1) is 6.61 Å². The molecule has 6 nitrogen and oxygen atoms in total. The number of nitrogens with zero attached hydrogens (tertiary/aromatic N) is 1. The highest BCUT2D eigenvalue weighted by molar-refractivity contribution is 5.92. The first-order chi connectivity index (χ1) is 12.2. The number of hydrogen-bond donors (Lipinski definition) is 1. The summed E-state index contributed by atoms with van der Waals surface area (Å²) in [6.07, 6.45) is 6.43. The smallest absolute Gasteiger partial charge is 0.344 e. The van der Waals surface area contributed by atoms with Gasteiger partial charge in [0.15, 0.2) is 6.61 Å². The normalized spacial score (nSPS) is 10.4. The first-order valence-electron chi connectivity index (χ1n) is 7.91. The lowest BCUT2D eigenvalue weighted by Gasteiger charge is -2.08. The molecule has 0 aliphatic carbocycles. The zero-order valence-electron chi connectivity index (χ0n) is 14.0. The number of para-hydroxylation sites is 1. The molecular weight excluding hydrogens is 320 g/mol. The molecule has 0 saturated heterocycles. The molecule has 6 heteroatoms. The molecule has 0 unspecified atom stereocenters. The van der Waals surface area contributed by atoms with Crippen molar-refractivity contribution in [3.63, 3.8) is 0 Å². The van der Waals surface area contributed by atoms with E-state index in [4.69, 9.17) is 9.47 Å². The van der Waals surface area contributed by atoms with Crippen molar-refractivity contribution in [3.05, 3.63) is 66.0 Å². The van der Waals surface area contributed by atoms with Crippen molar-refractivity contribution in [3.8, 4) is 5.75 Å². The van der Waals surface area contributed by atoms with E-state index in [2.05, 4.69) is 10.3 Å². The molecule has 0 aliphatic rings. The van der Waals surface area contributed by atoms with Crippen LogP contribution in [-0.2, 0) is 20.9 Å². The van der Waals surface area contributed by atoms with E-state index in [1.165, 1.54) is 6.08 Å². The minimum atomic E-state index is -0.435. The summed E-state index contributed by atoms with van der Waals surface area (Å²) in [6.45, 7) is 2.27. The van der Waals surface area contributed by atoms with Gasteiger partial charge in [-0.3, -0.25) is 9.78 Å². The van der Waals surface area contributed by atoms with Crippen LogP contribution in [0.15, 0.2) is 54.9 Å². The number of nitrogens with one attached hydrogen (secondary N) is 1. The molecular formula is C19H20N2O4. The standard InChI is InChI=1S/C19H20N2O4/c1-2-24-19(23)14-25-17-8-4-3-7-16(17)9-10-18(22)21-13-15-6-5-11-20-12-15/h3-12H,2,13-14H2,1H3,(H,21,22). The van der Waals surface area contributed by atoms with E-state index in [-0.39, 0.29) is 12.5 Å². The Kier molecular flexibility index (Phi) is 7.18. The van der Waals surface area contributed by atoms with E-state index < -0.39 is 5.97 Å². The number of hydrogen-bond acceptors (Lipinski definition) is 5. The number of carbonyl (C=O) groups excluding carboxylic acids is 2. The van der Waals surface area contributed by atoms with Crippen LogP contribution < -0.4 is 10.1 Å². The molecule has 25 heavy (non-hydrogen) atoms. The Hall–Kier alpha value is -3.15. The number of carbonyl (C=O) groups is 2. The molecule has 1 amide bonds. The summed E-state index contributed by atoms with van der Waals surface area (Å²) in [5.41, 5.74) is 1.62. The molecule has 0 radical (unpaired) electrons. The fourth-order valence-corrected chi connectivity index (χ4v) is 2.01. The second kappa shape index (κ2) is 9.87. The van der Waals surface area contributed by atoms with Crippen LogP contribution in [0.5, 0.6) is 5.75 Å². The van der Waals surface area contributed by atoms with Gasteiger partial charge in [-0.2, -0.15) is 0 Å². The average Bonchev–Trinajstić information content (AvgIpc) is 2.64. The van der Waals surface area contributed by atoms with Crippen LogP contribution in [0.3, 0.4) is 0 Å². The lowest BCUT2D eigenvalue weighted by Crippen LogP contribution is -2.20. The van der Waals surface area contributed by atoms with Crippen molar-refractivity contribution in [1.82, 2.24) is 10.3 Å². The second-order valence-corrected chi connectivity index (χ2v) is 5.04. The van der Waals surface area contributed by atoms with Crippen LogP contribution in [0.25, 0.3) is 6.08 Å². The number of aromatic nitrogens is 1. The van der Waals surface area contributed by atoms with E-state index >= 15 is 0 Å². The average molecular weight is 340 g/mol. The van der Waals surface area contributed by atoms with Crippen LogP contribution in [0.1, 0.15) is 18.1 Å². The summed E-state index contributed by atoms with van der Waals surface area (Å²) < 4.78 is 10.3. The maximum atomic E-state index is 11.9. The molecule has 130 valence electrons. The molecule has 0 atom stereocenters. The van der Waals surface area contributed by atoms with Gasteiger partial charge in [-0.25, -0.2) is 4.79 Å². The molecule has 1 aromatic heterocycles. The molecule has 0 fully saturated rings. The zero-order chi connectivity index (χ0) is 17.9. The predicted molar refractivity (Wildman–Crippen MR) is 93.7 cm³/mol. The molecule has 2 rings (SSSR count). The van der Waals surface area contributed by atoms with Crippen molar-refractivity contribution in [1.29, 1.82) is 0 Å². The van der Waals surface area contributed by atoms with Crippen molar-refractivity contribution >= 4 is 18.0 Å². The second-order valence-electron chi connectivity index (χ2n) is 5.04. The summed E-state index contributed by atoms with van der Waals surface area (Å²) in [4.78, 5) is 27.3. The fourth-order valence-electron chi connectivity index (χ4n) is 2.01. The van der Waals surface area contributed by atoms with Crippen molar-refractivity contribution in [2.24, 2.45) is 0 Å². The van der Waals surface area contributed by atoms with Crippen LogP contribution in [-0.4, -0.2) is 30.1 Å². The number of benzene rings is 1. The Balaban J connectivity index is 1.91. The van der Waals surface area contributed by atoms with Crippen LogP contribution in [0.2, 0.25) is 0 Å². The molecule has 0 bridgehead atoms. The highest BCUT2D eigenvalue weighted by Crippen LogP contribution is 2.19. The van der Waals surface area contributed by atoms with E-state index in [0.29, 0.717) is 24.5 Å². The maximum Gasteiger partial charge on any atom is 0.344 e. The fraction of sp³-hybridized carbons (Fsp3) is 0.211. The third-order valence-electron chi connectivity index (χ3n) is 3.17. The van der Waals surface area contributed by atoms with Crippen molar-refractivity contribution in [2.75, 3.05) is 13.2 Å². The van der Waals surface area contributed by atoms with Gasteiger partial charge in [0.2, 0.25) is 5.91 Å². The summed E-state index contributed by atoms with van der Waals surface area (Å²) in [5.74, 6) is -0.161. The monoisotopic (exact) mass is 340 g/mol. The molecule has 1 aromatic carbocycles. The van der Waals surface area contributed by atoms with E-state index in [1.807, 2.05) is 18.2 Å². The molecule has 0 aliphatic heterocycles. The SMILES string of the molecule is CCOC(=O)COc1ccccc1C=CC(=O)NCc1cccnc1. The van der Waals surface area contributed by atoms with E-state index in [9.17, 15) is 9.59 Å². The Labute approximate surface area is 146 Å². The van der Waals surface area contributed by atoms with Gasteiger partial charge < -0.3 is 14.8 Å². The maximum absolute atomic E-state index is 11.9. The Morgan fingerprint density at radius 3 is 2.80 bits per heavy atom. The van der Waals surface area contributed by atoms with Gasteiger partial charge in [-0.15, -0.1) is 0 Å². The summed E-state index contributed by atoms with van der Waals surface area (Å²) in [6, 6.07) is 10.8. The van der Waals surface area contributed by atoms with Gasteiger partial charge >= 0.3 is 5.97 Å². The first-order valence-corrected chi connectivity index (χ1v) is 7.91. The summed E-state index contributed by atoms with van der Waals surface area (Å²) in [5, 5.41) is 2.77. The van der Waals surface area contributed by atoms with Gasteiger partial charge in [-0.05, 0) is 30.7 Å². The quantitative estimate of drug-likeness (QED) is 0.589. The molecule has 0 spiro atoms. The lowest BCUT2D eigenvalue weighted by molar-refractivity contribution is -0.145. The van der Waals surface area contributed by atoms with Gasteiger partial charge in [0.1, 0.15) is 5.75 Å². The zero-order valence-corrected chi connectivity index (χ0v) is 14.0. The largest absolute Gasteiger partial charge is 0.481 e. The van der Waals surface area contributed by atoms with E-state index in [0.717, 1.165) is 5.56 Å². The Bertz CT molecular complexity index is 729. The molecule has 2 aromatic rings. The number of rotatable bonds is 8. The number of pyridine rings is 1. The minimum absolute atomic E-state index is 0.175. The summed E-state index contributed by atoms with van der Waals surface area (Å²) in [7, 11) is 0. The lowest BCUT2D eigenvalue weighted by atomic mass is 10.2. The van der Waals surface area contributed by atoms with Gasteiger partial charge in [0.25, 0.3) is 0 Å². The highest BCUT2D eigenvalue weighted by atomic mass is 16.6. The molecule has 0 saturated carbocycles. The summed E-state index contributed by atoms with van der Waals surface area (Å²) >= 11 is 0. The third kappa shape index (κ3) is 6.47. The van der Waals surface area contributed by atoms with Crippen LogP contribution >= 0.6 is 0 Å². The van der Waals surface area contributed by atoms with Crippen LogP contribution in [0, 0.1) is 0 Å². The van der Waals surface area contributed by atoms with Gasteiger partial charge in [0, 0.05) is 30.6 Å². The van der Waals surface area contributed by atoms with Crippen molar-refractivity contribution < 1.29 is 19.1 Å². The Morgan fingerprint density at radius 2 is 2.04 bits per heavy atom. The predicted octanol–water partition coefficient (Wildman–Crippen LogP) is 2.35. The van der Waals surface area contributed by atoms with Crippen LogP contribution in [0.4, 0.5) is 0 Å². The van der Waals surface area contributed by atoms with E-state index in [1.54, 1.807) is 43.6 Å². The number of ether oxygens (including phenoxy) is 2. The molecule has 1 heterocycles. The van der Waals surface area contributed by atoms with Gasteiger partial charge in [-0.1, -0.05) is 24.3 Å². The Morgan fingerprint density at radius 1 is 1.20 bits per heavy atom. The number of amides is 1. The topological polar surface area (TPSA) is 77.5 Å². The minimum Gasteiger partial charge on any atom is -0.481 e. The van der Waals surface area contributed by atoms with Crippen molar-refractivity contribution in [2.45, 2.75) is 13.5 Å². The molecule has 1 N–H and O–H groups in total. The first kappa shape index (κ1) is 18.2.